The van der Waals surface area contributed by atoms with Crippen LogP contribution in [0.1, 0.15) is 27.7 Å². The molecular weight excluding hydrogens is 233 g/mol. The molecule has 1 aromatic carbocycles. The molecule has 0 amide bonds. The minimum absolute atomic E-state index is 0.453. The fourth-order valence-corrected chi connectivity index (χ4v) is 0.668. The first kappa shape index (κ1) is 16.9. The fourth-order valence-electron chi connectivity index (χ4n) is 0.668. The molecule has 1 rings (SSSR count). The molecule has 18 heavy (non-hydrogen) atoms. The molecule has 0 aromatic heterocycles. The predicted octanol–water partition coefficient (Wildman–Crippen LogP) is -0.523. The van der Waals surface area contributed by atoms with Crippen molar-refractivity contribution in [3.05, 3.63) is 24.3 Å². The largest absolute Gasteiger partial charge is 0.488 e. The second kappa shape index (κ2) is 6.20. The second-order valence-corrected chi connectivity index (χ2v) is 5.16. The van der Waals surface area contributed by atoms with Gasteiger partial charge < -0.3 is 26.0 Å². The maximum Gasteiger partial charge on any atom is 0.488 e. The third kappa shape index (κ3) is 6.02. The Kier molecular flexibility index (Phi) is 5.83. The summed E-state index contributed by atoms with van der Waals surface area (Å²) in [6, 6.07) is 6.38. The van der Waals surface area contributed by atoms with E-state index in [-0.39, 0.29) is 0 Å². The van der Waals surface area contributed by atoms with Gasteiger partial charge in [0.05, 0.1) is 11.2 Å². The van der Waals surface area contributed by atoms with Gasteiger partial charge in [-0.15, -0.1) is 0 Å². The van der Waals surface area contributed by atoms with E-state index in [1.165, 1.54) is 0 Å². The summed E-state index contributed by atoms with van der Waals surface area (Å²) in [4.78, 5) is 0. The van der Waals surface area contributed by atoms with Crippen molar-refractivity contribution in [3.63, 3.8) is 0 Å². The Hall–Kier alpha value is -1.08. The lowest BCUT2D eigenvalue weighted by atomic mass is 9.80. The molecule has 5 nitrogen and oxygen atoms in total. The van der Waals surface area contributed by atoms with Crippen molar-refractivity contribution in [2.45, 2.75) is 38.9 Å². The molecule has 0 saturated heterocycles. The number of nitrogen functional groups attached to an aromatic ring is 1. The van der Waals surface area contributed by atoms with Gasteiger partial charge in [0.15, 0.2) is 0 Å². The Morgan fingerprint density at radius 3 is 1.44 bits per heavy atom. The molecule has 6 N–H and O–H groups in total. The Bertz CT molecular complexity index is 340. The molecular formula is C12H22BNO4. The summed E-state index contributed by atoms with van der Waals surface area (Å²) < 4.78 is 0. The van der Waals surface area contributed by atoms with Crippen LogP contribution >= 0.6 is 0 Å². The van der Waals surface area contributed by atoms with Crippen LogP contribution in [0.4, 0.5) is 5.69 Å². The number of aliphatic hydroxyl groups is 2. The fraction of sp³-hybridized carbons (Fsp3) is 0.500. The number of nitrogens with two attached hydrogens (primary N) is 1. The smallest absolute Gasteiger partial charge is 0.423 e. The van der Waals surface area contributed by atoms with E-state index >= 15 is 0 Å². The molecule has 0 saturated carbocycles. The minimum atomic E-state index is -1.40. The first-order chi connectivity index (χ1) is 7.95. The molecule has 102 valence electrons. The number of rotatable bonds is 2. The Morgan fingerprint density at radius 2 is 1.22 bits per heavy atom. The van der Waals surface area contributed by atoms with Crippen LogP contribution in [-0.4, -0.2) is 38.6 Å². The van der Waals surface area contributed by atoms with Crippen LogP contribution in [0.15, 0.2) is 24.3 Å². The van der Waals surface area contributed by atoms with Crippen molar-refractivity contribution in [1.29, 1.82) is 0 Å². The molecule has 6 heteroatoms. The normalized spacial score (nSPS) is 11.6. The summed E-state index contributed by atoms with van der Waals surface area (Å²) in [6.45, 7) is 6.31. The highest BCUT2D eigenvalue weighted by Gasteiger charge is 2.31. The number of benzene rings is 1. The zero-order valence-corrected chi connectivity index (χ0v) is 11.3. The van der Waals surface area contributed by atoms with Gasteiger partial charge >= 0.3 is 7.12 Å². The van der Waals surface area contributed by atoms with Crippen LogP contribution in [0.25, 0.3) is 0 Å². The summed E-state index contributed by atoms with van der Waals surface area (Å²) in [5.41, 5.74) is 4.42. The van der Waals surface area contributed by atoms with E-state index in [1.54, 1.807) is 52.0 Å². The van der Waals surface area contributed by atoms with Crippen molar-refractivity contribution < 1.29 is 20.3 Å². The van der Waals surface area contributed by atoms with E-state index in [0.717, 1.165) is 0 Å². The van der Waals surface area contributed by atoms with E-state index in [9.17, 15) is 0 Å². The predicted molar refractivity (Wildman–Crippen MR) is 73.3 cm³/mol. The lowest BCUT2D eigenvalue weighted by molar-refractivity contribution is -0.107. The molecule has 0 atom stereocenters. The van der Waals surface area contributed by atoms with Crippen LogP contribution < -0.4 is 11.2 Å². The van der Waals surface area contributed by atoms with Gasteiger partial charge in [-0.2, -0.15) is 0 Å². The van der Waals surface area contributed by atoms with Gasteiger partial charge in [0.2, 0.25) is 0 Å². The standard InChI is InChI=1S/C6H8BNO2.C6H14O2/c8-6-3-1-5(2-4-6)7(9)10;1-5(2,7)6(3,4)8/h1-4,9-10H,8H2;7-8H,1-4H3. The second-order valence-electron chi connectivity index (χ2n) is 5.16. The van der Waals surface area contributed by atoms with Gasteiger partial charge in [0.1, 0.15) is 0 Å². The summed E-state index contributed by atoms with van der Waals surface area (Å²) in [5.74, 6) is 0. The quantitative estimate of drug-likeness (QED) is 0.361. The van der Waals surface area contributed by atoms with Gasteiger partial charge in [-0.1, -0.05) is 12.1 Å². The van der Waals surface area contributed by atoms with Gasteiger partial charge in [-0.3, -0.25) is 0 Å². The average Bonchev–Trinajstić information content (AvgIpc) is 2.16. The molecule has 0 radical (unpaired) electrons. The van der Waals surface area contributed by atoms with Crippen molar-refractivity contribution in [2.24, 2.45) is 0 Å². The van der Waals surface area contributed by atoms with Crippen LogP contribution in [-0.2, 0) is 0 Å². The SMILES string of the molecule is CC(C)(O)C(C)(C)O.Nc1ccc(B(O)O)cc1. The van der Waals surface area contributed by atoms with E-state index in [2.05, 4.69) is 0 Å². The number of hydrogen-bond acceptors (Lipinski definition) is 5. The summed E-state index contributed by atoms with van der Waals surface area (Å²) >= 11 is 0. The molecule has 0 aliphatic heterocycles. The monoisotopic (exact) mass is 255 g/mol. The van der Waals surface area contributed by atoms with Gasteiger partial charge in [-0.05, 0) is 45.3 Å². The van der Waals surface area contributed by atoms with Crippen LogP contribution in [0.2, 0.25) is 0 Å². The zero-order chi connectivity index (χ0) is 14.6. The van der Waals surface area contributed by atoms with E-state index < -0.39 is 18.3 Å². The molecule has 0 heterocycles. The molecule has 0 aliphatic rings. The summed E-state index contributed by atoms with van der Waals surface area (Å²) in [6.07, 6.45) is 0. The first-order valence-electron chi connectivity index (χ1n) is 5.61. The van der Waals surface area contributed by atoms with Gasteiger partial charge in [0.25, 0.3) is 0 Å². The molecule has 1 aromatic rings. The lowest BCUT2D eigenvalue weighted by Crippen LogP contribution is -2.44. The highest BCUT2D eigenvalue weighted by Crippen LogP contribution is 2.19. The maximum absolute atomic E-state index is 9.10. The molecule has 0 unspecified atom stereocenters. The highest BCUT2D eigenvalue weighted by molar-refractivity contribution is 6.58. The summed E-state index contributed by atoms with van der Waals surface area (Å²) in [5, 5.41) is 35.5. The third-order valence-electron chi connectivity index (χ3n) is 2.73. The molecule has 0 fully saturated rings. The van der Waals surface area contributed by atoms with E-state index in [1.807, 2.05) is 0 Å². The number of anilines is 1. The first-order valence-corrected chi connectivity index (χ1v) is 5.61. The topological polar surface area (TPSA) is 107 Å². The van der Waals surface area contributed by atoms with Crippen LogP contribution in [0.5, 0.6) is 0 Å². The Balaban J connectivity index is 0.000000331. The van der Waals surface area contributed by atoms with E-state index in [4.69, 9.17) is 26.0 Å². The molecule has 0 spiro atoms. The molecule has 0 bridgehead atoms. The van der Waals surface area contributed by atoms with Crippen molar-refractivity contribution in [3.8, 4) is 0 Å². The van der Waals surface area contributed by atoms with Gasteiger partial charge in [-0.25, -0.2) is 0 Å². The highest BCUT2D eigenvalue weighted by atomic mass is 16.4. The molecule has 0 aliphatic carbocycles. The average molecular weight is 255 g/mol. The number of hydrogen-bond donors (Lipinski definition) is 5. The maximum atomic E-state index is 9.10. The van der Waals surface area contributed by atoms with Crippen molar-refractivity contribution >= 4 is 18.3 Å². The van der Waals surface area contributed by atoms with Gasteiger partial charge in [0, 0.05) is 5.69 Å². The third-order valence-corrected chi connectivity index (χ3v) is 2.73. The zero-order valence-electron chi connectivity index (χ0n) is 11.3. The van der Waals surface area contributed by atoms with E-state index in [0.29, 0.717) is 11.2 Å². The van der Waals surface area contributed by atoms with Crippen LogP contribution in [0, 0.1) is 0 Å². The minimum Gasteiger partial charge on any atom is -0.423 e. The summed E-state index contributed by atoms with van der Waals surface area (Å²) in [7, 11) is -1.40. The lowest BCUT2D eigenvalue weighted by Gasteiger charge is -2.31. The Labute approximate surface area is 108 Å². The van der Waals surface area contributed by atoms with Crippen molar-refractivity contribution in [1.82, 2.24) is 0 Å². The van der Waals surface area contributed by atoms with Crippen molar-refractivity contribution in [2.75, 3.05) is 5.73 Å². The Morgan fingerprint density at radius 1 is 0.889 bits per heavy atom. The van der Waals surface area contributed by atoms with Crippen LogP contribution in [0.3, 0.4) is 0 Å².